The highest BCUT2D eigenvalue weighted by Crippen LogP contribution is 2.16. The van der Waals surface area contributed by atoms with Crippen LogP contribution in [0.15, 0.2) is 45.5 Å². The number of nitrogens with one attached hydrogen (secondary N) is 1. The van der Waals surface area contributed by atoms with Gasteiger partial charge in [0.2, 0.25) is 0 Å². The Morgan fingerprint density at radius 2 is 2.06 bits per heavy atom. The lowest BCUT2D eigenvalue weighted by atomic mass is 10.1. The number of aromatic hydroxyl groups is 1. The van der Waals surface area contributed by atoms with Crippen LogP contribution in [0.2, 0.25) is 0 Å². The molecule has 0 saturated heterocycles. The summed E-state index contributed by atoms with van der Waals surface area (Å²) in [7, 11) is 0. The van der Waals surface area contributed by atoms with Crippen LogP contribution in [0.25, 0.3) is 0 Å². The average molecular weight is 310 g/mol. The molecule has 5 heteroatoms. The molecule has 1 amide bonds. The summed E-state index contributed by atoms with van der Waals surface area (Å²) in [4.78, 5) is 11.6. The summed E-state index contributed by atoms with van der Waals surface area (Å²) >= 11 is 3.14. The van der Waals surface area contributed by atoms with Crippen molar-refractivity contribution in [1.29, 1.82) is 0 Å². The van der Waals surface area contributed by atoms with Gasteiger partial charge in [0.1, 0.15) is 5.75 Å². The van der Waals surface area contributed by atoms with Crippen LogP contribution in [0.3, 0.4) is 0 Å². The van der Waals surface area contributed by atoms with Gasteiger partial charge < -0.3 is 14.8 Å². The quantitative estimate of drug-likeness (QED) is 0.913. The number of furan rings is 1. The van der Waals surface area contributed by atoms with Crippen molar-refractivity contribution in [2.24, 2.45) is 0 Å². The number of carbonyl (C=O) groups excluding carboxylic acids is 1. The second-order valence-electron chi connectivity index (χ2n) is 3.74. The average Bonchev–Trinajstić information content (AvgIpc) is 2.78. The lowest BCUT2D eigenvalue weighted by molar-refractivity contribution is 0.0925. The van der Waals surface area contributed by atoms with Gasteiger partial charge in [-0.1, -0.05) is 18.2 Å². The number of benzene rings is 1. The first-order valence-corrected chi connectivity index (χ1v) is 6.26. The molecule has 94 valence electrons. The molecule has 0 aliphatic rings. The normalized spacial score (nSPS) is 10.3. The number of amides is 1. The number of para-hydroxylation sites is 1. The van der Waals surface area contributed by atoms with Gasteiger partial charge in [0.15, 0.2) is 10.4 Å². The Balaban J connectivity index is 1.86. The molecular formula is C13H12BrNO3. The molecule has 1 heterocycles. The number of halogens is 1. The van der Waals surface area contributed by atoms with Gasteiger partial charge in [0.25, 0.3) is 5.91 Å². The molecule has 0 radical (unpaired) electrons. The molecule has 0 bridgehead atoms. The van der Waals surface area contributed by atoms with Gasteiger partial charge in [-0.2, -0.15) is 0 Å². The van der Waals surface area contributed by atoms with Gasteiger partial charge >= 0.3 is 0 Å². The first-order valence-electron chi connectivity index (χ1n) is 5.47. The molecule has 0 spiro atoms. The molecule has 0 fully saturated rings. The van der Waals surface area contributed by atoms with Gasteiger partial charge in [0, 0.05) is 6.54 Å². The van der Waals surface area contributed by atoms with Crippen LogP contribution in [0, 0.1) is 0 Å². The Morgan fingerprint density at radius 1 is 1.28 bits per heavy atom. The number of carbonyl (C=O) groups is 1. The highest BCUT2D eigenvalue weighted by molar-refractivity contribution is 9.10. The van der Waals surface area contributed by atoms with E-state index in [-0.39, 0.29) is 17.4 Å². The van der Waals surface area contributed by atoms with Gasteiger partial charge in [0.05, 0.1) is 0 Å². The molecule has 0 saturated carbocycles. The summed E-state index contributed by atoms with van der Waals surface area (Å²) in [6.45, 7) is 0.439. The fourth-order valence-corrected chi connectivity index (χ4v) is 1.86. The summed E-state index contributed by atoms with van der Waals surface area (Å²) in [5.41, 5.74) is 0.804. The minimum Gasteiger partial charge on any atom is -0.508 e. The monoisotopic (exact) mass is 309 g/mol. The van der Waals surface area contributed by atoms with E-state index in [1.54, 1.807) is 24.3 Å². The van der Waals surface area contributed by atoms with E-state index < -0.39 is 0 Å². The molecule has 18 heavy (non-hydrogen) atoms. The van der Waals surface area contributed by atoms with Gasteiger partial charge in [-0.3, -0.25) is 4.79 Å². The summed E-state index contributed by atoms with van der Waals surface area (Å²) in [5.74, 6) is 0.239. The Morgan fingerprint density at radius 3 is 2.72 bits per heavy atom. The summed E-state index contributed by atoms with van der Waals surface area (Å²) in [5, 5.41) is 12.3. The number of hydrogen-bond donors (Lipinski definition) is 2. The molecular weight excluding hydrogens is 298 g/mol. The van der Waals surface area contributed by atoms with E-state index in [1.807, 2.05) is 12.1 Å². The van der Waals surface area contributed by atoms with Crippen molar-refractivity contribution in [3.63, 3.8) is 0 Å². The van der Waals surface area contributed by atoms with Crippen LogP contribution in [-0.2, 0) is 6.42 Å². The standard InChI is InChI=1S/C13H12BrNO3/c14-12-6-5-11(18-12)13(17)15-8-7-9-3-1-2-4-10(9)16/h1-6,16H,7-8H2,(H,15,17). The fraction of sp³-hybridized carbons (Fsp3) is 0.154. The van der Waals surface area contributed by atoms with Crippen LogP contribution in [0.1, 0.15) is 16.1 Å². The Hall–Kier alpha value is -1.75. The maximum Gasteiger partial charge on any atom is 0.287 e. The number of hydrogen-bond acceptors (Lipinski definition) is 3. The lowest BCUT2D eigenvalue weighted by Crippen LogP contribution is -2.25. The van der Waals surface area contributed by atoms with E-state index in [0.717, 1.165) is 5.56 Å². The van der Waals surface area contributed by atoms with Crippen LogP contribution in [0.5, 0.6) is 5.75 Å². The third-order valence-corrected chi connectivity index (χ3v) is 2.89. The van der Waals surface area contributed by atoms with E-state index in [2.05, 4.69) is 21.2 Å². The van der Waals surface area contributed by atoms with Gasteiger partial charge in [-0.25, -0.2) is 0 Å². The Labute approximate surface area is 113 Å². The highest BCUT2D eigenvalue weighted by Gasteiger charge is 2.09. The van der Waals surface area contributed by atoms with Crippen LogP contribution in [-0.4, -0.2) is 17.6 Å². The molecule has 2 rings (SSSR count). The van der Waals surface area contributed by atoms with Gasteiger partial charge in [-0.15, -0.1) is 0 Å². The van der Waals surface area contributed by atoms with Gasteiger partial charge in [-0.05, 0) is 46.1 Å². The zero-order chi connectivity index (χ0) is 13.0. The minimum atomic E-state index is -0.267. The van der Waals surface area contributed by atoms with E-state index in [9.17, 15) is 9.90 Å². The zero-order valence-electron chi connectivity index (χ0n) is 9.52. The number of rotatable bonds is 4. The maximum absolute atomic E-state index is 11.6. The van der Waals surface area contributed by atoms with Crippen molar-refractivity contribution >= 4 is 21.8 Å². The zero-order valence-corrected chi connectivity index (χ0v) is 11.1. The summed E-state index contributed by atoms with van der Waals surface area (Å²) < 4.78 is 5.65. The predicted molar refractivity (Wildman–Crippen MR) is 70.6 cm³/mol. The molecule has 0 unspecified atom stereocenters. The lowest BCUT2D eigenvalue weighted by Gasteiger charge is -2.05. The first-order chi connectivity index (χ1) is 8.66. The third-order valence-electron chi connectivity index (χ3n) is 2.47. The van der Waals surface area contributed by atoms with E-state index in [1.165, 1.54) is 0 Å². The first kappa shape index (κ1) is 12.7. The van der Waals surface area contributed by atoms with Crippen molar-refractivity contribution in [2.75, 3.05) is 6.54 Å². The van der Waals surface area contributed by atoms with Crippen molar-refractivity contribution in [1.82, 2.24) is 5.32 Å². The van der Waals surface area contributed by atoms with Crippen molar-refractivity contribution in [3.8, 4) is 5.75 Å². The highest BCUT2D eigenvalue weighted by atomic mass is 79.9. The Bertz CT molecular complexity index is 551. The largest absolute Gasteiger partial charge is 0.508 e. The minimum absolute atomic E-state index is 0.243. The molecule has 2 N–H and O–H groups in total. The predicted octanol–water partition coefficient (Wildman–Crippen LogP) is 2.72. The molecule has 1 aromatic heterocycles. The third kappa shape index (κ3) is 3.13. The van der Waals surface area contributed by atoms with Crippen LogP contribution >= 0.6 is 15.9 Å². The molecule has 4 nitrogen and oxygen atoms in total. The molecule has 0 aliphatic carbocycles. The van der Waals surface area contributed by atoms with Crippen molar-refractivity contribution in [2.45, 2.75) is 6.42 Å². The van der Waals surface area contributed by atoms with Crippen molar-refractivity contribution in [3.05, 3.63) is 52.4 Å². The fourth-order valence-electron chi connectivity index (χ4n) is 1.56. The van der Waals surface area contributed by atoms with Crippen molar-refractivity contribution < 1.29 is 14.3 Å². The second-order valence-corrected chi connectivity index (χ2v) is 4.52. The van der Waals surface area contributed by atoms with Crippen LogP contribution < -0.4 is 5.32 Å². The van der Waals surface area contributed by atoms with Crippen LogP contribution in [0.4, 0.5) is 0 Å². The molecule has 1 aromatic carbocycles. The molecule has 2 aromatic rings. The number of phenols is 1. The van der Waals surface area contributed by atoms with E-state index in [4.69, 9.17) is 4.42 Å². The van der Waals surface area contributed by atoms with E-state index >= 15 is 0 Å². The summed E-state index contributed by atoms with van der Waals surface area (Å²) in [6, 6.07) is 10.3. The topological polar surface area (TPSA) is 62.5 Å². The Kier molecular flexibility index (Phi) is 4.04. The second kappa shape index (κ2) is 5.73. The van der Waals surface area contributed by atoms with E-state index in [0.29, 0.717) is 17.6 Å². The number of phenolic OH excluding ortho intramolecular Hbond substituents is 1. The molecule has 0 atom stereocenters. The smallest absolute Gasteiger partial charge is 0.287 e. The SMILES string of the molecule is O=C(NCCc1ccccc1O)c1ccc(Br)o1. The maximum atomic E-state index is 11.6. The summed E-state index contributed by atoms with van der Waals surface area (Å²) in [6.07, 6.45) is 0.570. The molecule has 0 aliphatic heterocycles.